The molecule has 2 atom stereocenters. The molecule has 0 unspecified atom stereocenters. The predicted octanol–water partition coefficient (Wildman–Crippen LogP) is 3.63. The van der Waals surface area contributed by atoms with Gasteiger partial charge < -0.3 is 19.7 Å². The Bertz CT molecular complexity index is 848. The molecule has 158 valence electrons. The van der Waals surface area contributed by atoms with Crippen molar-refractivity contribution in [2.45, 2.75) is 51.9 Å². The van der Waals surface area contributed by atoms with Crippen LogP contribution in [0, 0.1) is 11.8 Å². The molecule has 1 amide bonds. The van der Waals surface area contributed by atoms with Gasteiger partial charge in [-0.15, -0.1) is 0 Å². The highest BCUT2D eigenvalue weighted by Crippen LogP contribution is 2.30. The number of hydrogen-bond donors (Lipinski definition) is 2. The molecule has 1 saturated heterocycles. The Morgan fingerprint density at radius 2 is 2.14 bits per heavy atom. The fourth-order valence-electron chi connectivity index (χ4n) is 4.23. The molecule has 1 aromatic heterocycles. The van der Waals surface area contributed by atoms with E-state index in [1.807, 2.05) is 23.1 Å². The number of carboxylic acid groups (broad SMARTS) is 1. The summed E-state index contributed by atoms with van der Waals surface area (Å²) in [6, 6.07) is 5.69. The molecular weight excluding hydrogens is 370 g/mol. The Morgan fingerprint density at radius 1 is 1.31 bits per heavy atom. The molecule has 0 bridgehead atoms. The molecule has 1 aliphatic heterocycles. The van der Waals surface area contributed by atoms with Crippen LogP contribution in [-0.2, 0) is 16.0 Å². The van der Waals surface area contributed by atoms with Crippen LogP contribution in [0.25, 0.3) is 11.0 Å². The molecule has 7 heteroatoms. The molecule has 1 fully saturated rings. The maximum absolute atomic E-state index is 12.6. The SMILES string of the molecule is CCCCCC(=O)N1CC[C@@H](CC(=O)O)[C@@H](Cc2nc3ccc(OC)cc3[nH]2)C1. The van der Waals surface area contributed by atoms with Crippen LogP contribution < -0.4 is 4.74 Å². The number of ether oxygens (including phenoxy) is 1. The van der Waals surface area contributed by atoms with Gasteiger partial charge in [-0.25, -0.2) is 4.98 Å². The number of nitrogens with one attached hydrogen (secondary N) is 1. The number of benzene rings is 1. The smallest absolute Gasteiger partial charge is 0.303 e. The number of rotatable bonds is 9. The van der Waals surface area contributed by atoms with E-state index in [1.54, 1.807) is 7.11 Å². The number of amides is 1. The average molecular weight is 402 g/mol. The highest BCUT2D eigenvalue weighted by Gasteiger charge is 2.33. The number of aromatic amines is 1. The molecule has 7 nitrogen and oxygen atoms in total. The number of fused-ring (bicyclic) bond motifs is 1. The topological polar surface area (TPSA) is 95.5 Å². The van der Waals surface area contributed by atoms with Gasteiger partial charge in [-0.1, -0.05) is 19.8 Å². The third-order valence-electron chi connectivity index (χ3n) is 5.87. The standard InChI is InChI=1S/C22H31N3O4/c1-3-4-5-6-21(26)25-10-9-15(12-22(27)28)16(14-25)11-20-23-18-8-7-17(29-2)13-19(18)24-20/h7-8,13,15-16H,3-6,9-12,14H2,1-2H3,(H,23,24)(H,27,28)/t15-,16-/m0/s1. The molecule has 1 aromatic carbocycles. The number of aromatic nitrogens is 2. The summed E-state index contributed by atoms with van der Waals surface area (Å²) < 4.78 is 5.27. The van der Waals surface area contributed by atoms with Gasteiger partial charge in [0.2, 0.25) is 5.91 Å². The van der Waals surface area contributed by atoms with Crippen LogP contribution in [0.3, 0.4) is 0 Å². The number of unbranched alkanes of at least 4 members (excludes halogenated alkanes) is 2. The Balaban J connectivity index is 1.72. The van der Waals surface area contributed by atoms with Gasteiger partial charge in [-0.05, 0) is 36.8 Å². The molecular formula is C22H31N3O4. The summed E-state index contributed by atoms with van der Waals surface area (Å²) in [6.45, 7) is 3.38. The van der Waals surface area contributed by atoms with Crippen molar-refractivity contribution < 1.29 is 19.4 Å². The first-order valence-electron chi connectivity index (χ1n) is 10.5. The third-order valence-corrected chi connectivity index (χ3v) is 5.87. The number of likely N-dealkylation sites (tertiary alicyclic amines) is 1. The molecule has 2 N–H and O–H groups in total. The molecule has 3 rings (SSSR count). The van der Waals surface area contributed by atoms with E-state index >= 15 is 0 Å². The Kier molecular flexibility index (Phi) is 7.12. The highest BCUT2D eigenvalue weighted by atomic mass is 16.5. The minimum atomic E-state index is -0.780. The van der Waals surface area contributed by atoms with Crippen molar-refractivity contribution in [2.75, 3.05) is 20.2 Å². The van der Waals surface area contributed by atoms with E-state index in [1.165, 1.54) is 0 Å². The second-order valence-corrected chi connectivity index (χ2v) is 7.97. The van der Waals surface area contributed by atoms with Crippen molar-refractivity contribution in [3.05, 3.63) is 24.0 Å². The van der Waals surface area contributed by atoms with Gasteiger partial charge >= 0.3 is 5.97 Å². The predicted molar refractivity (Wildman–Crippen MR) is 111 cm³/mol. The number of hydrogen-bond acceptors (Lipinski definition) is 4. The van der Waals surface area contributed by atoms with Crippen LogP contribution in [0.4, 0.5) is 0 Å². The molecule has 2 heterocycles. The monoisotopic (exact) mass is 401 g/mol. The van der Waals surface area contributed by atoms with Crippen molar-refractivity contribution in [3.8, 4) is 5.75 Å². The number of carbonyl (C=O) groups is 2. The lowest BCUT2D eigenvalue weighted by Crippen LogP contribution is -2.45. The van der Waals surface area contributed by atoms with E-state index in [0.717, 1.165) is 48.3 Å². The second-order valence-electron chi connectivity index (χ2n) is 7.97. The van der Waals surface area contributed by atoms with Crippen molar-refractivity contribution in [3.63, 3.8) is 0 Å². The number of carbonyl (C=O) groups excluding carboxylic acids is 1. The van der Waals surface area contributed by atoms with Crippen LogP contribution in [0.2, 0.25) is 0 Å². The Labute approximate surface area is 171 Å². The van der Waals surface area contributed by atoms with Crippen LogP contribution in [0.15, 0.2) is 18.2 Å². The number of piperidine rings is 1. The molecule has 0 aliphatic carbocycles. The normalized spacial score (nSPS) is 19.4. The zero-order valence-corrected chi connectivity index (χ0v) is 17.3. The third kappa shape index (κ3) is 5.49. The minimum absolute atomic E-state index is 0.0509. The molecule has 2 aromatic rings. The Morgan fingerprint density at radius 3 is 2.86 bits per heavy atom. The zero-order chi connectivity index (χ0) is 20.8. The number of methoxy groups -OCH3 is 1. The van der Waals surface area contributed by atoms with Gasteiger partial charge in [0.05, 0.1) is 18.1 Å². The molecule has 0 spiro atoms. The lowest BCUT2D eigenvalue weighted by Gasteiger charge is -2.38. The van der Waals surface area contributed by atoms with Crippen LogP contribution in [0.1, 0.15) is 51.3 Å². The highest BCUT2D eigenvalue weighted by molar-refractivity contribution is 5.77. The number of H-pyrrole nitrogens is 1. The van der Waals surface area contributed by atoms with Crippen LogP contribution >= 0.6 is 0 Å². The van der Waals surface area contributed by atoms with Crippen molar-refractivity contribution in [1.82, 2.24) is 14.9 Å². The van der Waals surface area contributed by atoms with E-state index in [-0.39, 0.29) is 24.2 Å². The van der Waals surface area contributed by atoms with Gasteiger partial charge in [0.25, 0.3) is 0 Å². The first-order chi connectivity index (χ1) is 14.0. The number of imidazole rings is 1. The molecule has 0 saturated carbocycles. The van der Waals surface area contributed by atoms with Crippen molar-refractivity contribution in [2.24, 2.45) is 11.8 Å². The summed E-state index contributed by atoms with van der Waals surface area (Å²) in [5.41, 5.74) is 1.76. The Hall–Kier alpha value is -2.57. The summed E-state index contributed by atoms with van der Waals surface area (Å²) in [5, 5.41) is 9.32. The van der Waals surface area contributed by atoms with Gasteiger partial charge in [0.1, 0.15) is 11.6 Å². The molecule has 29 heavy (non-hydrogen) atoms. The van der Waals surface area contributed by atoms with E-state index < -0.39 is 5.97 Å². The largest absolute Gasteiger partial charge is 0.497 e. The van der Waals surface area contributed by atoms with E-state index in [0.29, 0.717) is 25.9 Å². The number of carboxylic acids is 1. The quantitative estimate of drug-likeness (QED) is 0.626. The maximum atomic E-state index is 12.6. The molecule has 1 aliphatic rings. The van der Waals surface area contributed by atoms with E-state index in [2.05, 4.69) is 16.9 Å². The van der Waals surface area contributed by atoms with Gasteiger partial charge in [0.15, 0.2) is 0 Å². The first-order valence-corrected chi connectivity index (χ1v) is 10.5. The van der Waals surface area contributed by atoms with Crippen LogP contribution in [0.5, 0.6) is 5.75 Å². The summed E-state index contributed by atoms with van der Waals surface area (Å²) in [6.07, 6.45) is 5.14. The minimum Gasteiger partial charge on any atom is -0.497 e. The molecule has 0 radical (unpaired) electrons. The van der Waals surface area contributed by atoms with Gasteiger partial charge in [-0.2, -0.15) is 0 Å². The van der Waals surface area contributed by atoms with E-state index in [9.17, 15) is 14.7 Å². The summed E-state index contributed by atoms with van der Waals surface area (Å²) >= 11 is 0. The zero-order valence-electron chi connectivity index (χ0n) is 17.3. The fourth-order valence-corrected chi connectivity index (χ4v) is 4.23. The van der Waals surface area contributed by atoms with Crippen molar-refractivity contribution in [1.29, 1.82) is 0 Å². The summed E-state index contributed by atoms with van der Waals surface area (Å²) in [7, 11) is 1.63. The van der Waals surface area contributed by atoms with Crippen LogP contribution in [-0.4, -0.2) is 52.1 Å². The number of aliphatic carboxylic acids is 1. The summed E-state index contributed by atoms with van der Waals surface area (Å²) in [4.78, 5) is 33.9. The second kappa shape index (κ2) is 9.76. The van der Waals surface area contributed by atoms with E-state index in [4.69, 9.17) is 4.74 Å². The van der Waals surface area contributed by atoms with Gasteiger partial charge in [0, 0.05) is 38.4 Å². The lowest BCUT2D eigenvalue weighted by molar-refractivity contribution is -0.140. The lowest BCUT2D eigenvalue weighted by atomic mass is 9.81. The average Bonchev–Trinajstić information content (AvgIpc) is 3.10. The number of nitrogens with zero attached hydrogens (tertiary/aromatic N) is 2. The summed E-state index contributed by atoms with van der Waals surface area (Å²) in [5.74, 6) is 1.13. The fraction of sp³-hybridized carbons (Fsp3) is 0.591. The van der Waals surface area contributed by atoms with Crippen molar-refractivity contribution >= 4 is 22.9 Å². The first kappa shape index (κ1) is 21.1. The van der Waals surface area contributed by atoms with Gasteiger partial charge in [-0.3, -0.25) is 9.59 Å². The maximum Gasteiger partial charge on any atom is 0.303 e.